The fourth-order valence-corrected chi connectivity index (χ4v) is 3.97. The maximum Gasteiger partial charge on any atom is 0.335 e. The number of urea groups is 1. The number of rotatable bonds is 8. The maximum atomic E-state index is 13.1. The first-order chi connectivity index (χ1) is 17.8. The molecule has 4 rings (SSSR count). The van der Waals surface area contributed by atoms with Gasteiger partial charge < -0.3 is 14.2 Å². The van der Waals surface area contributed by atoms with Crippen LogP contribution < -0.4 is 24.4 Å². The molecule has 1 aliphatic heterocycles. The summed E-state index contributed by atoms with van der Waals surface area (Å²) in [5, 5.41) is 2.22. The van der Waals surface area contributed by atoms with Crippen molar-refractivity contribution >= 4 is 45.5 Å². The molecule has 3 aromatic carbocycles. The van der Waals surface area contributed by atoms with Crippen LogP contribution in [0.5, 0.6) is 17.2 Å². The monoisotopic (exact) mass is 564 g/mol. The van der Waals surface area contributed by atoms with Crippen LogP contribution in [0.1, 0.15) is 16.7 Å². The lowest BCUT2D eigenvalue weighted by Crippen LogP contribution is -2.54. The summed E-state index contributed by atoms with van der Waals surface area (Å²) in [7, 11) is 1.50. The minimum atomic E-state index is -0.807. The minimum absolute atomic E-state index is 0.180. The van der Waals surface area contributed by atoms with Gasteiger partial charge in [-0.1, -0.05) is 34.1 Å². The second-order valence-corrected chi connectivity index (χ2v) is 9.23. The third-order valence-corrected chi connectivity index (χ3v) is 6.16. The van der Waals surface area contributed by atoms with Crippen molar-refractivity contribution in [2.75, 3.05) is 25.2 Å². The number of barbiturate groups is 1. The van der Waals surface area contributed by atoms with Crippen LogP contribution in [-0.2, 0) is 9.59 Å². The van der Waals surface area contributed by atoms with Crippen LogP contribution in [0, 0.1) is 13.8 Å². The van der Waals surface area contributed by atoms with E-state index in [1.807, 2.05) is 32.0 Å². The Morgan fingerprint density at radius 2 is 1.57 bits per heavy atom. The Labute approximate surface area is 223 Å². The smallest absolute Gasteiger partial charge is 0.335 e. The van der Waals surface area contributed by atoms with Gasteiger partial charge in [0, 0.05) is 4.47 Å². The van der Waals surface area contributed by atoms with Crippen molar-refractivity contribution < 1.29 is 28.6 Å². The van der Waals surface area contributed by atoms with Crippen LogP contribution >= 0.6 is 15.9 Å². The number of nitrogens with one attached hydrogen (secondary N) is 1. The summed E-state index contributed by atoms with van der Waals surface area (Å²) in [6, 6.07) is 16.8. The number of imide groups is 2. The van der Waals surface area contributed by atoms with Gasteiger partial charge in [0.25, 0.3) is 11.8 Å². The number of aryl methyl sites for hydroxylation is 2. The number of hydrogen-bond donors (Lipinski definition) is 1. The first-order valence-corrected chi connectivity index (χ1v) is 12.2. The third-order valence-electron chi connectivity index (χ3n) is 5.63. The third kappa shape index (κ3) is 6.00. The zero-order chi connectivity index (χ0) is 26.5. The van der Waals surface area contributed by atoms with E-state index in [0.717, 1.165) is 26.2 Å². The molecule has 37 heavy (non-hydrogen) atoms. The highest BCUT2D eigenvalue weighted by molar-refractivity contribution is 9.10. The van der Waals surface area contributed by atoms with Crippen LogP contribution in [0.25, 0.3) is 6.08 Å². The number of ether oxygens (including phenoxy) is 3. The van der Waals surface area contributed by atoms with Gasteiger partial charge >= 0.3 is 6.03 Å². The number of amides is 4. The summed E-state index contributed by atoms with van der Waals surface area (Å²) in [5.41, 5.74) is 2.85. The van der Waals surface area contributed by atoms with Gasteiger partial charge in [0.15, 0.2) is 11.5 Å². The molecule has 0 aliphatic carbocycles. The Bertz CT molecular complexity index is 1380. The largest absolute Gasteiger partial charge is 0.493 e. The van der Waals surface area contributed by atoms with E-state index < -0.39 is 17.8 Å². The van der Waals surface area contributed by atoms with Gasteiger partial charge in [0.1, 0.15) is 24.5 Å². The highest BCUT2D eigenvalue weighted by atomic mass is 79.9. The summed E-state index contributed by atoms with van der Waals surface area (Å²) in [5.74, 6) is 0.222. The number of carbonyl (C=O) groups is 3. The summed E-state index contributed by atoms with van der Waals surface area (Å²) in [6.07, 6.45) is 1.41. The lowest BCUT2D eigenvalue weighted by molar-refractivity contribution is -0.122. The molecule has 0 aromatic heterocycles. The van der Waals surface area contributed by atoms with Crippen molar-refractivity contribution in [3.8, 4) is 17.2 Å². The first kappa shape index (κ1) is 26.0. The lowest BCUT2D eigenvalue weighted by atomic mass is 10.1. The van der Waals surface area contributed by atoms with E-state index >= 15 is 0 Å². The van der Waals surface area contributed by atoms with Gasteiger partial charge in [-0.3, -0.25) is 14.9 Å². The maximum absolute atomic E-state index is 13.1. The molecular formula is C28H25BrN2O6. The van der Waals surface area contributed by atoms with E-state index in [1.165, 1.54) is 13.2 Å². The number of carbonyl (C=O) groups excluding carboxylic acids is 3. The summed E-state index contributed by atoms with van der Waals surface area (Å²) >= 11 is 3.32. The van der Waals surface area contributed by atoms with E-state index in [1.54, 1.807) is 42.5 Å². The van der Waals surface area contributed by atoms with Gasteiger partial charge in [0.05, 0.1) is 12.8 Å². The summed E-state index contributed by atoms with van der Waals surface area (Å²) < 4.78 is 17.9. The molecular weight excluding hydrogens is 540 g/mol. The van der Waals surface area contributed by atoms with Crippen LogP contribution in [0.4, 0.5) is 10.5 Å². The fraction of sp³-hybridized carbons (Fsp3) is 0.179. The second kappa shape index (κ2) is 11.3. The first-order valence-electron chi connectivity index (χ1n) is 11.4. The second-order valence-electron chi connectivity index (χ2n) is 8.31. The van der Waals surface area contributed by atoms with Crippen LogP contribution in [0.2, 0.25) is 0 Å². The lowest BCUT2D eigenvalue weighted by Gasteiger charge is -2.26. The Hall–Kier alpha value is -4.11. The minimum Gasteiger partial charge on any atom is -0.493 e. The van der Waals surface area contributed by atoms with Crippen molar-refractivity contribution in [3.63, 3.8) is 0 Å². The quantitative estimate of drug-likeness (QED) is 0.229. The van der Waals surface area contributed by atoms with E-state index in [4.69, 9.17) is 14.2 Å². The molecule has 0 unspecified atom stereocenters. The van der Waals surface area contributed by atoms with E-state index in [2.05, 4.69) is 21.2 Å². The molecule has 1 saturated heterocycles. The Morgan fingerprint density at radius 3 is 2.27 bits per heavy atom. The number of methoxy groups -OCH3 is 1. The molecule has 9 heteroatoms. The molecule has 1 fully saturated rings. The number of nitrogens with zero attached hydrogens (tertiary/aromatic N) is 1. The van der Waals surface area contributed by atoms with E-state index in [0.29, 0.717) is 29.4 Å². The number of anilines is 1. The van der Waals surface area contributed by atoms with E-state index in [-0.39, 0.29) is 12.2 Å². The predicted octanol–water partition coefficient (Wildman–Crippen LogP) is 5.20. The SMILES string of the molecule is COc1cc(/C=C2/C(=O)NC(=O)N(c3ccc(Br)cc3)C2=O)ccc1OCCOc1cc(C)ccc1C. The summed E-state index contributed by atoms with van der Waals surface area (Å²) in [4.78, 5) is 38.9. The normalized spacial score (nSPS) is 14.5. The topological polar surface area (TPSA) is 94.2 Å². The molecule has 1 N–H and O–H groups in total. The number of hydrogen-bond acceptors (Lipinski definition) is 6. The zero-order valence-corrected chi connectivity index (χ0v) is 22.1. The molecule has 1 aliphatic rings. The van der Waals surface area contributed by atoms with Crippen molar-refractivity contribution in [1.29, 1.82) is 0 Å². The highest BCUT2D eigenvalue weighted by Crippen LogP contribution is 2.30. The van der Waals surface area contributed by atoms with E-state index in [9.17, 15) is 14.4 Å². The molecule has 0 bridgehead atoms. The van der Waals surface area contributed by atoms with Gasteiger partial charge in [-0.25, -0.2) is 9.69 Å². The average Bonchev–Trinajstić information content (AvgIpc) is 2.87. The molecule has 3 aromatic rings. The van der Waals surface area contributed by atoms with Crippen molar-refractivity contribution in [3.05, 3.63) is 87.4 Å². The Balaban J connectivity index is 1.48. The van der Waals surface area contributed by atoms with Gasteiger partial charge in [0.2, 0.25) is 0 Å². The summed E-state index contributed by atoms with van der Waals surface area (Å²) in [6.45, 7) is 4.62. The highest BCUT2D eigenvalue weighted by Gasteiger charge is 2.36. The standard InChI is InChI=1S/C28H25BrN2O6/c1-17-4-5-18(2)24(14-17)37-13-12-36-23-11-6-19(16-25(23)35-3)15-22-26(32)30-28(34)31(27(22)33)21-9-7-20(29)8-10-21/h4-11,14-16H,12-13H2,1-3H3,(H,30,32,34)/b22-15-. The zero-order valence-electron chi connectivity index (χ0n) is 20.5. The fourth-order valence-electron chi connectivity index (χ4n) is 3.71. The number of benzene rings is 3. The molecule has 0 spiro atoms. The molecule has 190 valence electrons. The van der Waals surface area contributed by atoms with Crippen molar-refractivity contribution in [2.24, 2.45) is 0 Å². The van der Waals surface area contributed by atoms with Crippen LogP contribution in [0.15, 0.2) is 70.7 Å². The van der Waals surface area contributed by atoms with Gasteiger partial charge in [-0.2, -0.15) is 0 Å². The molecule has 0 saturated carbocycles. The van der Waals surface area contributed by atoms with Crippen molar-refractivity contribution in [2.45, 2.75) is 13.8 Å². The predicted molar refractivity (Wildman–Crippen MR) is 143 cm³/mol. The van der Waals surface area contributed by atoms with Gasteiger partial charge in [-0.15, -0.1) is 0 Å². The molecule has 0 atom stereocenters. The van der Waals surface area contributed by atoms with Crippen LogP contribution in [-0.4, -0.2) is 38.2 Å². The van der Waals surface area contributed by atoms with Crippen LogP contribution in [0.3, 0.4) is 0 Å². The average molecular weight is 565 g/mol. The Morgan fingerprint density at radius 1 is 0.865 bits per heavy atom. The molecule has 1 heterocycles. The molecule has 0 radical (unpaired) electrons. The Kier molecular flexibility index (Phi) is 7.93. The number of halogens is 1. The van der Waals surface area contributed by atoms with Gasteiger partial charge in [-0.05, 0) is 79.1 Å². The molecule has 4 amide bonds. The van der Waals surface area contributed by atoms with Crippen molar-refractivity contribution in [1.82, 2.24) is 5.32 Å². The molecule has 8 nitrogen and oxygen atoms in total.